The first-order valence-electron chi connectivity index (χ1n) is 11.9. The molecular formula is C27H29N5O5S. The molecule has 11 heteroatoms. The minimum Gasteiger partial charge on any atom is -0.480 e. The number of nitrogens with zero attached hydrogens (tertiary/aromatic N) is 3. The number of hydrogen-bond acceptors (Lipinski definition) is 7. The van der Waals surface area contributed by atoms with Crippen LogP contribution in [0.4, 0.5) is 5.69 Å². The number of rotatable bonds is 8. The highest BCUT2D eigenvalue weighted by molar-refractivity contribution is 7.92. The molecule has 0 bridgehead atoms. The molecule has 0 saturated carbocycles. The first kappa shape index (κ1) is 26.8. The molecule has 0 radical (unpaired) electrons. The van der Waals surface area contributed by atoms with Gasteiger partial charge in [-0.2, -0.15) is 0 Å². The topological polar surface area (TPSA) is 132 Å². The van der Waals surface area contributed by atoms with Crippen LogP contribution in [0.2, 0.25) is 0 Å². The molecule has 0 aliphatic rings. The number of carbonyl (C=O) groups excluding carboxylic acids is 1. The summed E-state index contributed by atoms with van der Waals surface area (Å²) in [4.78, 5) is 33.9. The summed E-state index contributed by atoms with van der Waals surface area (Å²) in [7, 11) is -0.973. The Morgan fingerprint density at radius 2 is 1.76 bits per heavy atom. The Labute approximate surface area is 220 Å². The number of aromatic nitrogens is 3. The van der Waals surface area contributed by atoms with Gasteiger partial charge < -0.3 is 10.1 Å². The number of aryl methyl sites for hydroxylation is 2. The lowest BCUT2D eigenvalue weighted by atomic mass is 10.0. The van der Waals surface area contributed by atoms with Crippen LogP contribution in [-0.4, -0.2) is 43.0 Å². The third-order valence-corrected chi connectivity index (χ3v) is 7.46. The number of ether oxygens (including phenoxy) is 1. The Morgan fingerprint density at radius 1 is 1.05 bits per heavy atom. The Kier molecular flexibility index (Phi) is 7.49. The van der Waals surface area contributed by atoms with E-state index in [1.807, 2.05) is 19.9 Å². The molecule has 2 heterocycles. The van der Waals surface area contributed by atoms with Gasteiger partial charge in [-0.05, 0) is 60.9 Å². The van der Waals surface area contributed by atoms with E-state index in [-0.39, 0.29) is 34.5 Å². The van der Waals surface area contributed by atoms with Gasteiger partial charge >= 0.3 is 0 Å². The Balaban J connectivity index is 1.73. The van der Waals surface area contributed by atoms with Gasteiger partial charge in [-0.1, -0.05) is 19.1 Å². The predicted octanol–water partition coefficient (Wildman–Crippen LogP) is 3.27. The molecule has 0 spiro atoms. The number of methoxy groups -OCH3 is 1. The van der Waals surface area contributed by atoms with E-state index in [4.69, 9.17) is 4.74 Å². The first-order valence-corrected chi connectivity index (χ1v) is 13.4. The molecule has 198 valence electrons. The van der Waals surface area contributed by atoms with Crippen LogP contribution in [0.3, 0.4) is 0 Å². The number of pyridine rings is 1. The van der Waals surface area contributed by atoms with Crippen molar-refractivity contribution in [1.82, 2.24) is 19.9 Å². The summed E-state index contributed by atoms with van der Waals surface area (Å²) in [6.07, 6.45) is 2.97. The molecule has 1 atom stereocenters. The second-order valence-corrected chi connectivity index (χ2v) is 10.8. The smallest absolute Gasteiger partial charge is 0.262 e. The lowest BCUT2D eigenvalue weighted by Gasteiger charge is -2.14. The fourth-order valence-corrected chi connectivity index (χ4v) is 5.47. The fourth-order valence-electron chi connectivity index (χ4n) is 4.23. The van der Waals surface area contributed by atoms with E-state index in [2.05, 4.69) is 20.0 Å². The second-order valence-electron chi connectivity index (χ2n) is 9.16. The highest BCUT2D eigenvalue weighted by atomic mass is 32.2. The zero-order valence-electron chi connectivity index (χ0n) is 21.8. The quantitative estimate of drug-likeness (QED) is 0.354. The van der Waals surface area contributed by atoms with Crippen molar-refractivity contribution in [2.24, 2.45) is 5.92 Å². The number of fused-ring (bicyclic) bond motifs is 1. The largest absolute Gasteiger partial charge is 0.480 e. The number of carbonyl (C=O) groups is 1. The van der Waals surface area contributed by atoms with Crippen LogP contribution in [0.5, 0.6) is 5.88 Å². The molecule has 0 fully saturated rings. The molecule has 4 rings (SSSR count). The molecule has 2 aromatic carbocycles. The summed E-state index contributed by atoms with van der Waals surface area (Å²) in [6, 6.07) is 11.8. The van der Waals surface area contributed by atoms with Crippen molar-refractivity contribution in [3.05, 3.63) is 76.5 Å². The van der Waals surface area contributed by atoms with Crippen molar-refractivity contribution in [2.75, 3.05) is 18.9 Å². The van der Waals surface area contributed by atoms with Crippen LogP contribution < -0.4 is 20.3 Å². The molecule has 10 nitrogen and oxygen atoms in total. The summed E-state index contributed by atoms with van der Waals surface area (Å²) in [6.45, 7) is 5.57. The Morgan fingerprint density at radius 3 is 2.42 bits per heavy atom. The van der Waals surface area contributed by atoms with Crippen molar-refractivity contribution < 1.29 is 17.9 Å². The number of sulfonamides is 1. The van der Waals surface area contributed by atoms with E-state index in [0.29, 0.717) is 22.0 Å². The van der Waals surface area contributed by atoms with Crippen LogP contribution in [-0.2, 0) is 21.4 Å². The van der Waals surface area contributed by atoms with Gasteiger partial charge in [-0.3, -0.25) is 18.9 Å². The lowest BCUT2D eigenvalue weighted by Crippen LogP contribution is -2.32. The van der Waals surface area contributed by atoms with E-state index >= 15 is 0 Å². The van der Waals surface area contributed by atoms with Crippen molar-refractivity contribution in [1.29, 1.82) is 0 Å². The van der Waals surface area contributed by atoms with Crippen molar-refractivity contribution in [2.45, 2.75) is 32.2 Å². The maximum absolute atomic E-state index is 13.2. The molecule has 38 heavy (non-hydrogen) atoms. The molecule has 0 aliphatic heterocycles. The predicted molar refractivity (Wildman–Crippen MR) is 146 cm³/mol. The maximum atomic E-state index is 13.2. The van der Waals surface area contributed by atoms with Gasteiger partial charge in [0.25, 0.3) is 15.6 Å². The normalized spacial score (nSPS) is 12.2. The fraction of sp³-hybridized carbons (Fsp3) is 0.259. The summed E-state index contributed by atoms with van der Waals surface area (Å²) in [5.41, 5.74) is 3.22. The molecule has 0 aliphatic carbocycles. The van der Waals surface area contributed by atoms with E-state index < -0.39 is 15.9 Å². The van der Waals surface area contributed by atoms with Crippen LogP contribution in [0, 0.1) is 19.8 Å². The minimum absolute atomic E-state index is 0.106. The molecular weight excluding hydrogens is 506 g/mol. The number of amides is 1. The average molecular weight is 536 g/mol. The molecule has 0 saturated heterocycles. The van der Waals surface area contributed by atoms with E-state index in [1.165, 1.54) is 24.2 Å². The van der Waals surface area contributed by atoms with Gasteiger partial charge in [-0.25, -0.2) is 18.4 Å². The summed E-state index contributed by atoms with van der Waals surface area (Å²) < 4.78 is 35.6. The maximum Gasteiger partial charge on any atom is 0.262 e. The first-order chi connectivity index (χ1) is 18.0. The third kappa shape index (κ3) is 5.52. The van der Waals surface area contributed by atoms with Gasteiger partial charge in [0.15, 0.2) is 0 Å². The Hall–Kier alpha value is -4.25. The van der Waals surface area contributed by atoms with Gasteiger partial charge in [-0.15, -0.1) is 0 Å². The third-order valence-electron chi connectivity index (χ3n) is 6.12. The van der Waals surface area contributed by atoms with Crippen LogP contribution >= 0.6 is 0 Å². The van der Waals surface area contributed by atoms with Crippen molar-refractivity contribution >= 4 is 32.5 Å². The minimum atomic E-state index is -3.92. The zero-order valence-corrected chi connectivity index (χ0v) is 22.6. The highest BCUT2D eigenvalue weighted by Crippen LogP contribution is 2.31. The molecule has 2 N–H and O–H groups in total. The Bertz CT molecular complexity index is 1680. The lowest BCUT2D eigenvalue weighted by molar-refractivity contribution is -0.124. The molecule has 2 aromatic heterocycles. The van der Waals surface area contributed by atoms with Gasteiger partial charge in [0.2, 0.25) is 11.8 Å². The molecule has 1 amide bonds. The summed E-state index contributed by atoms with van der Waals surface area (Å²) in [5.74, 6) is -0.487. The number of nitrogens with one attached hydrogen (secondary N) is 2. The van der Waals surface area contributed by atoms with Crippen LogP contribution in [0.15, 0.2) is 64.7 Å². The standard InChI is InChI=1S/C27H29N5O5S/c1-16-8-17(2)10-21(9-16)38(35,36)31-24-12-20(13-29-26(24)37-5)19-6-7-23-22(11-19)27(34)32(15-30-23)14-18(3)25(33)28-4/h6-13,15,18,31H,14H2,1-5H3,(H,28,33)/t18-/m0/s1. The monoisotopic (exact) mass is 535 g/mol. The zero-order chi connectivity index (χ0) is 27.6. The number of hydrogen-bond donors (Lipinski definition) is 2. The van der Waals surface area contributed by atoms with E-state index in [1.54, 1.807) is 50.4 Å². The van der Waals surface area contributed by atoms with Crippen LogP contribution in [0.25, 0.3) is 22.0 Å². The van der Waals surface area contributed by atoms with Crippen LogP contribution in [0.1, 0.15) is 18.1 Å². The highest BCUT2D eigenvalue weighted by Gasteiger charge is 2.19. The molecule has 0 unspecified atom stereocenters. The van der Waals surface area contributed by atoms with E-state index in [0.717, 1.165) is 11.1 Å². The van der Waals surface area contributed by atoms with E-state index in [9.17, 15) is 18.0 Å². The number of anilines is 1. The summed E-state index contributed by atoms with van der Waals surface area (Å²) >= 11 is 0. The average Bonchev–Trinajstić information content (AvgIpc) is 2.88. The van der Waals surface area contributed by atoms with Gasteiger partial charge in [0, 0.05) is 25.4 Å². The van der Waals surface area contributed by atoms with Gasteiger partial charge in [0.05, 0.1) is 35.2 Å². The number of benzene rings is 2. The van der Waals surface area contributed by atoms with Crippen molar-refractivity contribution in [3.8, 4) is 17.0 Å². The van der Waals surface area contributed by atoms with Crippen molar-refractivity contribution in [3.63, 3.8) is 0 Å². The molecule has 4 aromatic rings. The van der Waals surface area contributed by atoms with Gasteiger partial charge in [0.1, 0.15) is 5.69 Å². The second kappa shape index (κ2) is 10.6. The SMILES string of the molecule is CNC(=O)[C@@H](C)Cn1cnc2ccc(-c3cnc(OC)c(NS(=O)(=O)c4cc(C)cc(C)c4)c3)cc2c1=O. The summed E-state index contributed by atoms with van der Waals surface area (Å²) in [5, 5.41) is 2.94.